The molecule has 0 radical (unpaired) electrons. The van der Waals surface area contributed by atoms with E-state index in [1.807, 2.05) is 4.98 Å². The van der Waals surface area contributed by atoms with E-state index in [2.05, 4.69) is 11.9 Å². The molecule has 1 heterocycles. The zero-order chi connectivity index (χ0) is 20.2. The van der Waals surface area contributed by atoms with Crippen molar-refractivity contribution in [2.75, 3.05) is 19.5 Å². The number of H-pyrrole nitrogens is 1. The molecule has 1 amide bonds. The van der Waals surface area contributed by atoms with Gasteiger partial charge in [0.2, 0.25) is 0 Å². The largest absolute Gasteiger partial charge is 0.493 e. The number of ether oxygens (including phenoxy) is 2. The molecule has 144 valence electrons. The van der Waals surface area contributed by atoms with Crippen LogP contribution < -0.4 is 20.3 Å². The van der Waals surface area contributed by atoms with Crippen LogP contribution in [0.2, 0.25) is 0 Å². The van der Waals surface area contributed by atoms with Gasteiger partial charge in [-0.1, -0.05) is 6.08 Å². The number of amides is 1. The van der Waals surface area contributed by atoms with E-state index in [0.29, 0.717) is 30.0 Å². The van der Waals surface area contributed by atoms with Crippen LogP contribution in [0, 0.1) is 0 Å². The third-order valence-corrected chi connectivity index (χ3v) is 3.66. The molecule has 2 aromatic rings. The van der Waals surface area contributed by atoms with Gasteiger partial charge in [-0.15, -0.1) is 6.58 Å². The second-order valence-corrected chi connectivity index (χ2v) is 5.45. The highest BCUT2D eigenvalue weighted by molar-refractivity contribution is 6.04. The van der Waals surface area contributed by atoms with Crippen LogP contribution >= 0.6 is 0 Å². The Morgan fingerprint density at radius 1 is 1.26 bits per heavy atom. The molecule has 0 fully saturated rings. The van der Waals surface area contributed by atoms with Crippen LogP contribution in [-0.2, 0) is 12.6 Å². The Bertz CT molecular complexity index is 920. The Hall–Kier alpha value is -3.23. The molecule has 2 N–H and O–H groups in total. The van der Waals surface area contributed by atoms with Gasteiger partial charge in [0, 0.05) is 17.3 Å². The van der Waals surface area contributed by atoms with Crippen molar-refractivity contribution in [3.05, 3.63) is 64.1 Å². The number of alkyl halides is 3. The van der Waals surface area contributed by atoms with E-state index >= 15 is 0 Å². The van der Waals surface area contributed by atoms with Crippen LogP contribution in [0.3, 0.4) is 0 Å². The number of nitrogens with one attached hydrogen (secondary N) is 2. The lowest BCUT2D eigenvalue weighted by Gasteiger charge is -2.14. The number of carbonyl (C=O) groups excluding carboxylic acids is 1. The Labute approximate surface area is 152 Å². The van der Waals surface area contributed by atoms with Gasteiger partial charge >= 0.3 is 6.18 Å². The molecule has 6 nitrogen and oxygen atoms in total. The van der Waals surface area contributed by atoms with Crippen molar-refractivity contribution >= 4 is 11.6 Å². The minimum atomic E-state index is -4.66. The number of aromatic nitrogens is 1. The summed E-state index contributed by atoms with van der Waals surface area (Å²) in [6.45, 7) is 3.62. The van der Waals surface area contributed by atoms with E-state index < -0.39 is 28.9 Å². The van der Waals surface area contributed by atoms with Gasteiger partial charge in [0.05, 0.1) is 19.8 Å². The first kappa shape index (κ1) is 20.1. The molecule has 27 heavy (non-hydrogen) atoms. The molecule has 0 bridgehead atoms. The molecule has 1 aromatic heterocycles. The molecule has 0 spiro atoms. The van der Waals surface area contributed by atoms with Gasteiger partial charge in [-0.2, -0.15) is 13.2 Å². The van der Waals surface area contributed by atoms with E-state index in [4.69, 9.17) is 9.47 Å². The summed E-state index contributed by atoms with van der Waals surface area (Å²) < 4.78 is 48.9. The normalized spacial score (nSPS) is 11.0. The van der Waals surface area contributed by atoms with Crippen molar-refractivity contribution in [1.29, 1.82) is 0 Å². The van der Waals surface area contributed by atoms with Gasteiger partial charge in [0.15, 0.2) is 11.5 Å². The topological polar surface area (TPSA) is 80.4 Å². The fraction of sp³-hybridized carbons (Fsp3) is 0.222. The summed E-state index contributed by atoms with van der Waals surface area (Å²) in [6.07, 6.45) is -2.16. The molecular formula is C18H17F3N2O4. The van der Waals surface area contributed by atoms with Crippen molar-refractivity contribution in [2.45, 2.75) is 12.6 Å². The first-order valence-electron chi connectivity index (χ1n) is 7.68. The summed E-state index contributed by atoms with van der Waals surface area (Å²) >= 11 is 0. The minimum absolute atomic E-state index is 0.0845. The molecule has 2 rings (SSSR count). The van der Waals surface area contributed by atoms with Gasteiger partial charge in [-0.05, 0) is 24.6 Å². The van der Waals surface area contributed by atoms with E-state index in [9.17, 15) is 22.8 Å². The van der Waals surface area contributed by atoms with Crippen molar-refractivity contribution in [1.82, 2.24) is 4.98 Å². The quantitative estimate of drug-likeness (QED) is 0.751. The van der Waals surface area contributed by atoms with Gasteiger partial charge in [0.25, 0.3) is 11.5 Å². The highest BCUT2D eigenvalue weighted by atomic mass is 19.4. The van der Waals surface area contributed by atoms with Crippen LogP contribution in [0.25, 0.3) is 0 Å². The molecular weight excluding hydrogens is 365 g/mol. The van der Waals surface area contributed by atoms with Crippen molar-refractivity contribution in [3.8, 4) is 11.5 Å². The van der Waals surface area contributed by atoms with Crippen molar-refractivity contribution in [2.24, 2.45) is 0 Å². The molecule has 1 aromatic carbocycles. The van der Waals surface area contributed by atoms with E-state index in [0.717, 1.165) is 0 Å². The predicted octanol–water partition coefficient (Wildman–Crippen LogP) is 3.39. The second-order valence-electron chi connectivity index (χ2n) is 5.45. The smallest absolute Gasteiger partial charge is 0.417 e. The van der Waals surface area contributed by atoms with Gasteiger partial charge in [-0.25, -0.2) is 0 Å². The molecule has 0 saturated heterocycles. The Morgan fingerprint density at radius 3 is 2.52 bits per heavy atom. The minimum Gasteiger partial charge on any atom is -0.493 e. The molecule has 0 atom stereocenters. The number of benzene rings is 1. The van der Waals surface area contributed by atoms with Crippen LogP contribution in [-0.4, -0.2) is 25.1 Å². The number of hydrogen-bond acceptors (Lipinski definition) is 4. The number of aromatic amines is 1. The summed E-state index contributed by atoms with van der Waals surface area (Å²) in [6, 6.07) is 3.42. The standard InChI is InChI=1S/C18H17F3N2O4/c1-4-5-10-6-11(7-14(26-2)15(10)27-3)16(24)23-13-8-12(18(19,20)21)9-22-17(13)25/h4,6-9H,1,5H2,2-3H3,(H,22,25)(H,23,24). The van der Waals surface area contributed by atoms with Crippen LogP contribution in [0.4, 0.5) is 18.9 Å². The lowest BCUT2D eigenvalue weighted by molar-refractivity contribution is -0.137. The number of rotatable bonds is 6. The Kier molecular flexibility index (Phi) is 5.94. The average Bonchev–Trinajstić information content (AvgIpc) is 2.62. The summed E-state index contributed by atoms with van der Waals surface area (Å²) in [5, 5.41) is 2.19. The molecule has 0 aliphatic heterocycles. The highest BCUT2D eigenvalue weighted by Crippen LogP contribution is 2.33. The van der Waals surface area contributed by atoms with Gasteiger partial charge in [-0.3, -0.25) is 9.59 Å². The number of methoxy groups -OCH3 is 2. The highest BCUT2D eigenvalue weighted by Gasteiger charge is 2.31. The van der Waals surface area contributed by atoms with E-state index in [1.54, 1.807) is 6.08 Å². The lowest BCUT2D eigenvalue weighted by Crippen LogP contribution is -2.21. The van der Waals surface area contributed by atoms with Crippen LogP contribution in [0.1, 0.15) is 21.5 Å². The molecule has 0 unspecified atom stereocenters. The summed E-state index contributed by atoms with van der Waals surface area (Å²) in [5.74, 6) is -0.100. The molecule has 0 aliphatic carbocycles. The second kappa shape index (κ2) is 7.98. The number of pyridine rings is 1. The number of anilines is 1. The van der Waals surface area contributed by atoms with Crippen molar-refractivity contribution < 1.29 is 27.4 Å². The predicted molar refractivity (Wildman–Crippen MR) is 93.5 cm³/mol. The summed E-state index contributed by atoms with van der Waals surface area (Å²) in [4.78, 5) is 26.2. The first-order chi connectivity index (χ1) is 12.7. The third-order valence-electron chi connectivity index (χ3n) is 3.66. The average molecular weight is 382 g/mol. The SMILES string of the molecule is C=CCc1cc(C(=O)Nc2cc(C(F)(F)F)c[nH]c2=O)cc(OC)c1OC. The van der Waals surface area contributed by atoms with E-state index in [-0.39, 0.29) is 11.3 Å². The van der Waals surface area contributed by atoms with E-state index in [1.165, 1.54) is 26.4 Å². The maximum atomic E-state index is 12.8. The number of hydrogen-bond donors (Lipinski definition) is 2. The van der Waals surface area contributed by atoms with Gasteiger partial charge in [0.1, 0.15) is 5.69 Å². The Balaban J connectivity index is 2.43. The van der Waals surface area contributed by atoms with Crippen LogP contribution in [0.15, 0.2) is 41.8 Å². The number of halogens is 3. The lowest BCUT2D eigenvalue weighted by atomic mass is 10.0. The Morgan fingerprint density at radius 2 is 1.96 bits per heavy atom. The zero-order valence-electron chi connectivity index (χ0n) is 14.6. The molecule has 0 aliphatic rings. The fourth-order valence-corrected chi connectivity index (χ4v) is 2.42. The zero-order valence-corrected chi connectivity index (χ0v) is 14.6. The summed E-state index contributed by atoms with van der Waals surface area (Å²) in [7, 11) is 2.82. The third kappa shape index (κ3) is 4.49. The summed E-state index contributed by atoms with van der Waals surface area (Å²) in [5.41, 5.74) is -1.79. The van der Waals surface area contributed by atoms with Gasteiger partial charge < -0.3 is 19.8 Å². The maximum absolute atomic E-state index is 12.8. The fourth-order valence-electron chi connectivity index (χ4n) is 2.42. The van der Waals surface area contributed by atoms with Crippen LogP contribution in [0.5, 0.6) is 11.5 Å². The van der Waals surface area contributed by atoms with Crippen molar-refractivity contribution in [3.63, 3.8) is 0 Å². The first-order valence-corrected chi connectivity index (χ1v) is 7.68. The number of allylic oxidation sites excluding steroid dienone is 1. The molecule has 0 saturated carbocycles. The number of carbonyl (C=O) groups is 1. The maximum Gasteiger partial charge on any atom is 0.417 e. The monoisotopic (exact) mass is 382 g/mol. The molecule has 9 heteroatoms.